The van der Waals surface area contributed by atoms with Gasteiger partial charge >= 0.3 is 0 Å². The summed E-state index contributed by atoms with van der Waals surface area (Å²) in [5.41, 5.74) is 13.2. The lowest BCUT2D eigenvalue weighted by atomic mass is 10.1. The Morgan fingerprint density at radius 3 is 2.95 bits per heavy atom. The molecule has 1 saturated carbocycles. The quantitative estimate of drug-likeness (QED) is 0.723. The summed E-state index contributed by atoms with van der Waals surface area (Å²) in [5.74, 6) is 0.741. The topological polar surface area (TPSA) is 81.1 Å². The van der Waals surface area contributed by atoms with Gasteiger partial charge in [-0.1, -0.05) is 6.92 Å². The number of rotatable bonds is 5. The van der Waals surface area contributed by atoms with Crippen LogP contribution in [-0.2, 0) is 0 Å². The molecule has 0 aromatic heterocycles. The highest BCUT2D eigenvalue weighted by Gasteiger charge is 2.24. The molecule has 1 aromatic rings. The third-order valence-corrected chi connectivity index (χ3v) is 4.72. The number of primary amides is 1. The van der Waals surface area contributed by atoms with Crippen LogP contribution in [-0.4, -0.2) is 23.0 Å². The lowest BCUT2D eigenvalue weighted by Crippen LogP contribution is -2.18. The van der Waals surface area contributed by atoms with Gasteiger partial charge in [0.05, 0.1) is 11.4 Å². The minimum Gasteiger partial charge on any atom is -0.397 e. The van der Waals surface area contributed by atoms with Crippen LogP contribution in [0.2, 0.25) is 0 Å². The summed E-state index contributed by atoms with van der Waals surface area (Å²) >= 11 is 2.02. The van der Waals surface area contributed by atoms with Crippen molar-refractivity contribution < 1.29 is 4.79 Å². The number of nitrogen functional groups attached to an aromatic ring is 1. The molecule has 2 atom stereocenters. The van der Waals surface area contributed by atoms with E-state index >= 15 is 0 Å². The number of nitrogens with two attached hydrogens (primary N) is 2. The Morgan fingerprint density at radius 1 is 1.47 bits per heavy atom. The van der Waals surface area contributed by atoms with Gasteiger partial charge in [0.1, 0.15) is 0 Å². The molecule has 1 aliphatic carbocycles. The molecule has 0 aliphatic heterocycles. The number of anilines is 2. The van der Waals surface area contributed by atoms with Crippen molar-refractivity contribution in [2.75, 3.05) is 16.8 Å². The fourth-order valence-corrected chi connectivity index (χ4v) is 3.66. The van der Waals surface area contributed by atoms with Crippen LogP contribution in [0.1, 0.15) is 36.5 Å². The van der Waals surface area contributed by atoms with E-state index in [-0.39, 0.29) is 0 Å². The SMILES string of the molecule is CCSC1CCC(Nc2cc(C(N)=O)ccc2N)C1. The molecule has 5 heteroatoms. The molecule has 19 heavy (non-hydrogen) atoms. The Kier molecular flexibility index (Phi) is 4.58. The van der Waals surface area contributed by atoms with Crippen molar-refractivity contribution in [2.24, 2.45) is 5.73 Å². The minimum atomic E-state index is -0.422. The Hall–Kier alpha value is -1.36. The Labute approximate surface area is 118 Å². The van der Waals surface area contributed by atoms with Crippen LogP contribution in [0.25, 0.3) is 0 Å². The number of hydrogen-bond donors (Lipinski definition) is 3. The highest BCUT2D eigenvalue weighted by Crippen LogP contribution is 2.32. The summed E-state index contributed by atoms with van der Waals surface area (Å²) in [6.07, 6.45) is 3.54. The van der Waals surface area contributed by atoms with E-state index in [0.717, 1.165) is 29.5 Å². The third kappa shape index (κ3) is 3.56. The van der Waals surface area contributed by atoms with E-state index in [2.05, 4.69) is 12.2 Å². The number of amides is 1. The molecule has 2 unspecified atom stereocenters. The standard InChI is InChI=1S/C14H21N3OS/c1-2-19-11-5-4-10(8-11)17-13-7-9(14(16)18)3-6-12(13)15/h3,6-7,10-11,17H,2,4-5,8,15H2,1H3,(H2,16,18). The van der Waals surface area contributed by atoms with Crippen molar-refractivity contribution in [3.63, 3.8) is 0 Å². The van der Waals surface area contributed by atoms with E-state index < -0.39 is 5.91 Å². The largest absolute Gasteiger partial charge is 0.397 e. The van der Waals surface area contributed by atoms with E-state index in [9.17, 15) is 4.79 Å². The zero-order valence-corrected chi connectivity index (χ0v) is 12.0. The molecular weight excluding hydrogens is 258 g/mol. The molecule has 1 aliphatic rings. The molecule has 5 N–H and O–H groups in total. The first-order valence-corrected chi connectivity index (χ1v) is 7.72. The summed E-state index contributed by atoms with van der Waals surface area (Å²) in [7, 11) is 0. The molecule has 0 spiro atoms. The number of nitrogens with one attached hydrogen (secondary N) is 1. The van der Waals surface area contributed by atoms with Gasteiger partial charge in [-0.15, -0.1) is 0 Å². The molecule has 4 nitrogen and oxygen atoms in total. The predicted octanol–water partition coefficient (Wildman–Crippen LogP) is 2.45. The van der Waals surface area contributed by atoms with Gasteiger partial charge in [-0.2, -0.15) is 11.8 Å². The van der Waals surface area contributed by atoms with Gasteiger partial charge in [-0.3, -0.25) is 4.79 Å². The third-order valence-electron chi connectivity index (χ3n) is 3.48. The average Bonchev–Trinajstić information content (AvgIpc) is 2.80. The number of carbonyl (C=O) groups excluding carboxylic acids is 1. The summed E-state index contributed by atoms with van der Waals surface area (Å²) in [4.78, 5) is 11.2. The van der Waals surface area contributed by atoms with E-state index in [0.29, 0.717) is 17.3 Å². The van der Waals surface area contributed by atoms with Gasteiger partial charge in [-0.05, 0) is 43.2 Å². The summed E-state index contributed by atoms with van der Waals surface area (Å²) in [6.45, 7) is 2.19. The van der Waals surface area contributed by atoms with Crippen molar-refractivity contribution >= 4 is 29.0 Å². The second-order valence-electron chi connectivity index (χ2n) is 4.90. The van der Waals surface area contributed by atoms with Crippen LogP contribution in [0.3, 0.4) is 0 Å². The molecule has 1 fully saturated rings. The van der Waals surface area contributed by atoms with Gasteiger partial charge in [0, 0.05) is 16.9 Å². The lowest BCUT2D eigenvalue weighted by molar-refractivity contribution is 0.100. The van der Waals surface area contributed by atoms with Gasteiger partial charge < -0.3 is 16.8 Å². The Bertz CT molecular complexity index is 464. The number of carbonyl (C=O) groups is 1. The van der Waals surface area contributed by atoms with Gasteiger partial charge in [-0.25, -0.2) is 0 Å². The monoisotopic (exact) mass is 279 g/mol. The van der Waals surface area contributed by atoms with Gasteiger partial charge in [0.15, 0.2) is 0 Å². The minimum absolute atomic E-state index is 0.422. The van der Waals surface area contributed by atoms with Crippen LogP contribution >= 0.6 is 11.8 Å². The Morgan fingerprint density at radius 2 is 2.26 bits per heavy atom. The van der Waals surface area contributed by atoms with Crippen molar-refractivity contribution in [3.8, 4) is 0 Å². The van der Waals surface area contributed by atoms with E-state index in [1.165, 1.54) is 6.42 Å². The number of hydrogen-bond acceptors (Lipinski definition) is 4. The number of benzene rings is 1. The highest BCUT2D eigenvalue weighted by atomic mass is 32.2. The maximum Gasteiger partial charge on any atom is 0.248 e. The van der Waals surface area contributed by atoms with E-state index in [1.54, 1.807) is 18.2 Å². The van der Waals surface area contributed by atoms with Crippen LogP contribution in [0.15, 0.2) is 18.2 Å². The van der Waals surface area contributed by atoms with Crippen LogP contribution in [0.5, 0.6) is 0 Å². The van der Waals surface area contributed by atoms with Crippen molar-refractivity contribution in [2.45, 2.75) is 37.5 Å². The van der Waals surface area contributed by atoms with Crippen molar-refractivity contribution in [1.82, 2.24) is 0 Å². The van der Waals surface area contributed by atoms with E-state index in [4.69, 9.17) is 11.5 Å². The van der Waals surface area contributed by atoms with E-state index in [1.807, 2.05) is 11.8 Å². The Balaban J connectivity index is 2.03. The van der Waals surface area contributed by atoms with Crippen LogP contribution in [0, 0.1) is 0 Å². The fraction of sp³-hybridized carbons (Fsp3) is 0.500. The fourth-order valence-electron chi connectivity index (χ4n) is 2.51. The van der Waals surface area contributed by atoms with Gasteiger partial charge in [0.2, 0.25) is 5.91 Å². The molecule has 0 saturated heterocycles. The van der Waals surface area contributed by atoms with Crippen LogP contribution < -0.4 is 16.8 Å². The molecule has 0 radical (unpaired) electrons. The molecular formula is C14H21N3OS. The molecule has 0 heterocycles. The summed E-state index contributed by atoms with van der Waals surface area (Å²) in [6, 6.07) is 5.58. The normalized spacial score (nSPS) is 22.4. The lowest BCUT2D eigenvalue weighted by Gasteiger charge is -2.16. The molecule has 1 aromatic carbocycles. The first kappa shape index (κ1) is 14.1. The second kappa shape index (κ2) is 6.19. The summed E-state index contributed by atoms with van der Waals surface area (Å²) < 4.78 is 0. The molecule has 0 bridgehead atoms. The summed E-state index contributed by atoms with van der Waals surface area (Å²) in [5, 5.41) is 4.19. The molecule has 104 valence electrons. The maximum atomic E-state index is 11.2. The van der Waals surface area contributed by atoms with Crippen molar-refractivity contribution in [3.05, 3.63) is 23.8 Å². The maximum absolute atomic E-state index is 11.2. The first-order valence-electron chi connectivity index (χ1n) is 6.67. The average molecular weight is 279 g/mol. The zero-order chi connectivity index (χ0) is 13.8. The second-order valence-corrected chi connectivity index (χ2v) is 6.48. The first-order chi connectivity index (χ1) is 9.10. The molecule has 1 amide bonds. The molecule has 2 rings (SSSR count). The predicted molar refractivity (Wildman–Crippen MR) is 82.6 cm³/mol. The zero-order valence-electron chi connectivity index (χ0n) is 11.2. The highest BCUT2D eigenvalue weighted by molar-refractivity contribution is 7.99. The number of thioether (sulfide) groups is 1. The van der Waals surface area contributed by atoms with Crippen molar-refractivity contribution in [1.29, 1.82) is 0 Å². The van der Waals surface area contributed by atoms with Crippen LogP contribution in [0.4, 0.5) is 11.4 Å². The smallest absolute Gasteiger partial charge is 0.248 e. The van der Waals surface area contributed by atoms with Gasteiger partial charge in [0.25, 0.3) is 0 Å².